The maximum absolute atomic E-state index is 16.1. The third-order valence-corrected chi connectivity index (χ3v) is 23.8. The highest BCUT2D eigenvalue weighted by atomic mass is 16.8. The van der Waals surface area contributed by atoms with Crippen LogP contribution in [-0.2, 0) is 71.3 Å². The molecule has 35 atom stereocenters. The largest absolute Gasteiger partial charge is 0.481 e. The number of carboxylic acids is 2. The monoisotopic (exact) mass is 1340 g/mol. The van der Waals surface area contributed by atoms with E-state index in [1.165, 1.54) is 20.8 Å². The highest BCUT2D eigenvalue weighted by Crippen LogP contribution is 2.76. The van der Waals surface area contributed by atoms with E-state index in [9.17, 15) is 96.1 Å². The first-order chi connectivity index (χ1) is 43.4. The van der Waals surface area contributed by atoms with Crippen molar-refractivity contribution in [1.29, 1.82) is 0 Å². The molecule has 5 aliphatic carbocycles. The summed E-state index contributed by atoms with van der Waals surface area (Å²) in [6.07, 6.45) is -44.2. The number of carbonyl (C=O) groups excluding carboxylic acids is 2. The number of hydrogen-bond acceptors (Lipinski definition) is 29. The molecule has 31 nitrogen and oxygen atoms in total. The molecule has 31 heteroatoms. The summed E-state index contributed by atoms with van der Waals surface area (Å²) in [6.45, 7) is 14.0. The molecule has 530 valence electrons. The Kier molecular flexibility index (Phi) is 20.6. The predicted octanol–water partition coefficient (Wildman–Crippen LogP) is -3.46. The summed E-state index contributed by atoms with van der Waals surface area (Å²) >= 11 is 0. The molecule has 5 aliphatic heterocycles. The molecule has 4 saturated carbocycles. The fourth-order valence-corrected chi connectivity index (χ4v) is 18.3. The molecule has 0 bridgehead atoms. The Bertz CT molecular complexity index is 2750. The van der Waals surface area contributed by atoms with Crippen molar-refractivity contribution in [3.05, 3.63) is 11.6 Å². The molecule has 5 heterocycles. The standard InChI is InChI=1S/C62H96O31/c1-22-32(67)44(88-50-39(74)35(70)33(68)28(20-63)86-50)42(77)53(83-22)91-47-46(90-51-40(75)36(71)34(69)29(21-64)87-51)43(85-24(3)65)23(2)84-54(47)93-56(82)62-16-14-57(4,5)18-26(62)25-10-11-30-58(6)19-27(66)48(92-52-41(76)37(72)38(73)45(89-52)49(78)79)61(9,55(80)81)31(58)12-13-60(30,8)59(25,7)15-17-62/h10,22-23,26-48,50-54,63-64,66-77H,11-21H2,1-9H3,(H,78,79)(H,80,81)/t22-,23+,26-,27-,28+,29+,30+,31-,32-,33+,34+,35-,36-,37-,38-,39+,40+,41+,42+,43-,44+,45-,46-,47+,48-,50-,51-,52-,53-,54-,58+,59+,60+,61-,62-/m0/s1. The summed E-state index contributed by atoms with van der Waals surface area (Å²) in [5.41, 5.74) is -4.87. The number of aliphatic hydroxyl groups excluding tert-OH is 14. The Balaban J connectivity index is 0.986. The minimum atomic E-state index is -2.12. The lowest BCUT2D eigenvalue weighted by atomic mass is 9.33. The lowest BCUT2D eigenvalue weighted by Crippen LogP contribution is -2.70. The maximum atomic E-state index is 16.1. The molecule has 0 aromatic heterocycles. The first-order valence-electron chi connectivity index (χ1n) is 32.2. The minimum Gasteiger partial charge on any atom is -0.481 e. The van der Waals surface area contributed by atoms with Gasteiger partial charge < -0.3 is 134 Å². The SMILES string of the molecule is CC(=O)O[C@@H]1[C@H](O[C@@H]2O[C@H](CO)[C@@H](O)[C@H](O)[C@H]2O)[C@@H](O[C@@H]2O[C@@H](C)[C@H](O)[C@@H](O[C@@H]3O[C@H](CO)[C@@H](O)[C@H](O)[C@H]3O)[C@H]2O)[C@H](OC(=O)[C@]23CCC(C)(C)C[C@H]2C2=CC[C@@H]4[C@@]5(C)C[C@H](O)[C@H](O[C@@H]6O[C@H](C(=O)O)[C@@H](O)[C@H](O)[C@H]6O)[C@@](C)(C(=O)O)[C@H]5CC[C@@]4(C)[C@]2(C)CC3)O[C@@H]1C. The van der Waals surface area contributed by atoms with Gasteiger partial charge in [-0.05, 0) is 118 Å². The first kappa shape index (κ1) is 72.4. The number of carbonyl (C=O) groups is 4. The summed E-state index contributed by atoms with van der Waals surface area (Å²) in [6, 6.07) is 0. The molecule has 93 heavy (non-hydrogen) atoms. The van der Waals surface area contributed by atoms with Crippen molar-refractivity contribution in [3.8, 4) is 0 Å². The van der Waals surface area contributed by atoms with E-state index in [1.54, 1.807) is 0 Å². The van der Waals surface area contributed by atoms with Crippen LogP contribution in [0.5, 0.6) is 0 Å². The van der Waals surface area contributed by atoms with Crippen molar-refractivity contribution in [2.45, 2.75) is 286 Å². The molecule has 10 aliphatic rings. The van der Waals surface area contributed by atoms with Crippen molar-refractivity contribution in [3.63, 3.8) is 0 Å². The van der Waals surface area contributed by atoms with Crippen LogP contribution in [0.1, 0.15) is 120 Å². The number of hydrogen-bond donors (Lipinski definition) is 16. The van der Waals surface area contributed by atoms with Crippen LogP contribution in [0, 0.1) is 50.2 Å². The summed E-state index contributed by atoms with van der Waals surface area (Å²) in [7, 11) is 0. The number of aliphatic hydroxyl groups is 14. The fourth-order valence-electron chi connectivity index (χ4n) is 18.3. The smallest absolute Gasteiger partial charge is 0.335 e. The second-order valence-corrected chi connectivity index (χ2v) is 29.6. The number of carboxylic acid groups (broad SMARTS) is 2. The second-order valence-electron chi connectivity index (χ2n) is 29.6. The van der Waals surface area contributed by atoms with E-state index < -0.39 is 242 Å². The van der Waals surface area contributed by atoms with Gasteiger partial charge >= 0.3 is 23.9 Å². The number of ether oxygens (including phenoxy) is 11. The Morgan fingerprint density at radius 3 is 1.61 bits per heavy atom. The lowest BCUT2D eigenvalue weighted by Gasteiger charge is -2.71. The predicted molar refractivity (Wildman–Crippen MR) is 306 cm³/mol. The topological polar surface area (TPSA) is 493 Å². The molecular formula is C62H96O31. The van der Waals surface area contributed by atoms with Gasteiger partial charge in [-0.15, -0.1) is 0 Å². The number of rotatable bonds is 15. The highest BCUT2D eigenvalue weighted by Gasteiger charge is 2.73. The molecular weight excluding hydrogens is 1240 g/mol. The molecule has 0 radical (unpaired) electrons. The summed E-state index contributed by atoms with van der Waals surface area (Å²) in [4.78, 5) is 55.0. The van der Waals surface area contributed by atoms with Crippen molar-refractivity contribution in [1.82, 2.24) is 0 Å². The van der Waals surface area contributed by atoms with Gasteiger partial charge in [-0.3, -0.25) is 14.4 Å². The van der Waals surface area contributed by atoms with E-state index in [1.807, 2.05) is 6.92 Å². The Morgan fingerprint density at radius 1 is 0.527 bits per heavy atom. The third kappa shape index (κ3) is 12.1. The van der Waals surface area contributed by atoms with Crippen LogP contribution in [0.2, 0.25) is 0 Å². The average molecular weight is 1340 g/mol. The van der Waals surface area contributed by atoms with Crippen LogP contribution in [0.15, 0.2) is 11.6 Å². The number of esters is 2. The van der Waals surface area contributed by atoms with Gasteiger partial charge in [-0.2, -0.15) is 0 Å². The van der Waals surface area contributed by atoms with Gasteiger partial charge in [0.25, 0.3) is 0 Å². The molecule has 0 aromatic rings. The molecule has 16 N–H and O–H groups in total. The van der Waals surface area contributed by atoms with Crippen molar-refractivity contribution in [2.24, 2.45) is 50.2 Å². The average Bonchev–Trinajstić information content (AvgIpc) is 0.673. The van der Waals surface area contributed by atoms with Crippen molar-refractivity contribution >= 4 is 23.9 Å². The van der Waals surface area contributed by atoms with E-state index in [0.717, 1.165) is 12.5 Å². The summed E-state index contributed by atoms with van der Waals surface area (Å²) in [5.74, 6) is -6.22. The third-order valence-electron chi connectivity index (χ3n) is 23.8. The van der Waals surface area contributed by atoms with E-state index in [0.29, 0.717) is 32.1 Å². The zero-order valence-corrected chi connectivity index (χ0v) is 53.5. The van der Waals surface area contributed by atoms with Gasteiger partial charge in [0.05, 0.1) is 42.4 Å². The van der Waals surface area contributed by atoms with Gasteiger partial charge in [0, 0.05) is 6.92 Å². The molecule has 0 unspecified atom stereocenters. The van der Waals surface area contributed by atoms with Crippen LogP contribution in [0.25, 0.3) is 0 Å². The van der Waals surface area contributed by atoms with Crippen LogP contribution < -0.4 is 0 Å². The molecule has 0 spiro atoms. The van der Waals surface area contributed by atoms with Gasteiger partial charge in [-0.1, -0.05) is 46.3 Å². The van der Waals surface area contributed by atoms with Crippen LogP contribution >= 0.6 is 0 Å². The van der Waals surface area contributed by atoms with Crippen LogP contribution in [-0.4, -0.2) is 285 Å². The van der Waals surface area contributed by atoms with E-state index >= 15 is 4.79 Å². The Labute approximate surface area is 536 Å². The van der Waals surface area contributed by atoms with E-state index in [4.69, 9.17) is 52.1 Å². The van der Waals surface area contributed by atoms with Crippen LogP contribution in [0.4, 0.5) is 0 Å². The highest BCUT2D eigenvalue weighted by molar-refractivity contribution is 5.79. The van der Waals surface area contributed by atoms with Crippen molar-refractivity contribution in [2.75, 3.05) is 13.2 Å². The number of allylic oxidation sites excluding steroid dienone is 2. The molecule has 0 aromatic carbocycles. The fraction of sp³-hybridized carbons (Fsp3) is 0.903. The molecule has 5 saturated heterocycles. The van der Waals surface area contributed by atoms with E-state index in [2.05, 4.69) is 33.8 Å². The first-order valence-corrected chi connectivity index (χ1v) is 32.2. The van der Waals surface area contributed by atoms with Crippen molar-refractivity contribution < 1.29 is 153 Å². The lowest BCUT2D eigenvalue weighted by molar-refractivity contribution is -0.394. The minimum absolute atomic E-state index is 0.00933. The quantitative estimate of drug-likeness (QED) is 0.0431. The molecule has 10 rings (SSSR count). The van der Waals surface area contributed by atoms with Gasteiger partial charge in [-0.25, -0.2) is 4.79 Å². The normalized spacial score (nSPS) is 53.0. The van der Waals surface area contributed by atoms with Gasteiger partial charge in [0.2, 0.25) is 6.29 Å². The molecule has 0 amide bonds. The Morgan fingerprint density at radius 2 is 1.05 bits per heavy atom. The second kappa shape index (κ2) is 26.4. The maximum Gasteiger partial charge on any atom is 0.335 e. The summed E-state index contributed by atoms with van der Waals surface area (Å²) < 4.78 is 66.8. The van der Waals surface area contributed by atoms with Gasteiger partial charge in [0.1, 0.15) is 97.7 Å². The molecule has 9 fully saturated rings. The number of fused-ring (bicyclic) bond motifs is 7. The van der Waals surface area contributed by atoms with E-state index in [-0.39, 0.29) is 37.0 Å². The zero-order chi connectivity index (χ0) is 68.5. The number of aliphatic carboxylic acids is 2. The Hall–Kier alpha value is -3.30. The van der Waals surface area contributed by atoms with Crippen LogP contribution in [0.3, 0.4) is 0 Å². The van der Waals surface area contributed by atoms with Gasteiger partial charge in [0.15, 0.2) is 43.5 Å². The summed E-state index contributed by atoms with van der Waals surface area (Å²) in [5, 5.41) is 174. The zero-order valence-electron chi connectivity index (χ0n) is 53.5.